The Balaban J connectivity index is 1.78. The molecule has 0 radical (unpaired) electrons. The molecule has 1 atom stereocenters. The van der Waals surface area contributed by atoms with Crippen molar-refractivity contribution in [3.05, 3.63) is 23.8 Å². The molecule has 108 valence electrons. The van der Waals surface area contributed by atoms with Gasteiger partial charge in [0, 0.05) is 19.6 Å². The maximum atomic E-state index is 5.95. The van der Waals surface area contributed by atoms with E-state index in [2.05, 4.69) is 48.9 Å². The molecule has 0 aliphatic carbocycles. The molecule has 1 aliphatic rings. The number of fused-ring (bicyclic) bond motifs is 1. The Morgan fingerprint density at radius 1 is 1.50 bits per heavy atom. The molecule has 1 aromatic heterocycles. The fourth-order valence-corrected chi connectivity index (χ4v) is 3.85. The third-order valence-corrected chi connectivity index (χ3v) is 4.36. The van der Waals surface area contributed by atoms with E-state index in [9.17, 15) is 0 Å². The van der Waals surface area contributed by atoms with E-state index >= 15 is 0 Å². The third kappa shape index (κ3) is 2.95. The summed E-state index contributed by atoms with van der Waals surface area (Å²) in [5.74, 6) is 0. The Morgan fingerprint density at radius 2 is 2.30 bits per heavy atom. The summed E-state index contributed by atoms with van der Waals surface area (Å²) in [7, 11) is 0. The highest BCUT2D eigenvalue weighted by atomic mass is 32.1. The van der Waals surface area contributed by atoms with Crippen molar-refractivity contribution in [2.75, 3.05) is 18.8 Å². The van der Waals surface area contributed by atoms with E-state index in [1.54, 1.807) is 11.3 Å². The highest BCUT2D eigenvalue weighted by Gasteiger charge is 2.31. The molecule has 1 saturated heterocycles. The molecule has 4 nitrogen and oxygen atoms in total. The molecule has 1 unspecified atom stereocenters. The topological polar surface area (TPSA) is 51.4 Å². The number of aromatic nitrogens is 1. The van der Waals surface area contributed by atoms with Gasteiger partial charge in [-0.2, -0.15) is 0 Å². The molecule has 1 aliphatic heterocycles. The summed E-state index contributed by atoms with van der Waals surface area (Å²) in [5, 5.41) is 0.637. The Labute approximate surface area is 123 Å². The lowest BCUT2D eigenvalue weighted by Crippen LogP contribution is -2.51. The predicted octanol–water partition coefficient (Wildman–Crippen LogP) is 2.88. The summed E-state index contributed by atoms with van der Waals surface area (Å²) in [5.41, 5.74) is 7.99. The zero-order valence-corrected chi connectivity index (χ0v) is 13.0. The number of hydrogen-bond acceptors (Lipinski definition) is 5. The number of hydrogen-bond donors (Lipinski definition) is 1. The largest absolute Gasteiger partial charge is 0.375 e. The number of anilines is 1. The highest BCUT2D eigenvalue weighted by Crippen LogP contribution is 2.26. The molecule has 20 heavy (non-hydrogen) atoms. The van der Waals surface area contributed by atoms with Gasteiger partial charge in [0.1, 0.15) is 0 Å². The fourth-order valence-electron chi connectivity index (χ4n) is 3.05. The SMILES string of the molecule is CC1CN(Cc2ccc3nc(N)sc3c2)CC(C)(C)O1. The van der Waals surface area contributed by atoms with Gasteiger partial charge in [-0.25, -0.2) is 4.98 Å². The van der Waals surface area contributed by atoms with Crippen molar-refractivity contribution in [3.8, 4) is 0 Å². The van der Waals surface area contributed by atoms with Crippen molar-refractivity contribution >= 4 is 26.7 Å². The number of ether oxygens (including phenoxy) is 1. The number of nitrogens with zero attached hydrogens (tertiary/aromatic N) is 2. The van der Waals surface area contributed by atoms with Crippen molar-refractivity contribution in [3.63, 3.8) is 0 Å². The normalized spacial score (nSPS) is 23.2. The summed E-state index contributed by atoms with van der Waals surface area (Å²) in [6.07, 6.45) is 0.279. The standard InChI is InChI=1S/C15H21N3OS/c1-10-7-18(9-15(2,3)19-10)8-11-4-5-12-13(6-11)20-14(16)17-12/h4-6,10H,7-9H2,1-3H3,(H2,16,17). The maximum absolute atomic E-state index is 5.95. The van der Waals surface area contributed by atoms with E-state index in [0.717, 1.165) is 25.2 Å². The van der Waals surface area contributed by atoms with Crippen LogP contribution in [0.4, 0.5) is 5.13 Å². The molecule has 1 aromatic carbocycles. The van der Waals surface area contributed by atoms with E-state index in [0.29, 0.717) is 5.13 Å². The average Bonchev–Trinajstić information content (AvgIpc) is 2.65. The summed E-state index contributed by atoms with van der Waals surface area (Å²) >= 11 is 1.55. The Kier molecular flexibility index (Phi) is 3.44. The lowest BCUT2D eigenvalue weighted by Gasteiger charge is -2.41. The number of benzene rings is 1. The van der Waals surface area contributed by atoms with Gasteiger partial charge in [-0.15, -0.1) is 0 Å². The minimum atomic E-state index is -0.0727. The zero-order chi connectivity index (χ0) is 14.3. The van der Waals surface area contributed by atoms with Crippen molar-refractivity contribution in [2.24, 2.45) is 0 Å². The number of thiazole rings is 1. The molecular weight excluding hydrogens is 270 g/mol. The van der Waals surface area contributed by atoms with Crippen molar-refractivity contribution in [1.29, 1.82) is 0 Å². The molecule has 5 heteroatoms. The number of nitrogen functional groups attached to an aromatic ring is 1. The van der Waals surface area contributed by atoms with E-state index in [1.807, 2.05) is 0 Å². The van der Waals surface area contributed by atoms with Crippen LogP contribution in [0.15, 0.2) is 18.2 Å². The Bertz CT molecular complexity index is 623. The van der Waals surface area contributed by atoms with Crippen LogP contribution >= 0.6 is 11.3 Å². The van der Waals surface area contributed by atoms with Crippen LogP contribution in [0.2, 0.25) is 0 Å². The van der Waals surface area contributed by atoms with Crippen LogP contribution in [-0.2, 0) is 11.3 Å². The number of morpholine rings is 1. The first-order valence-electron chi connectivity index (χ1n) is 6.96. The molecule has 2 N–H and O–H groups in total. The van der Waals surface area contributed by atoms with Gasteiger partial charge in [0.05, 0.1) is 21.9 Å². The molecule has 0 amide bonds. The minimum Gasteiger partial charge on any atom is -0.375 e. The molecule has 2 heterocycles. The quantitative estimate of drug-likeness (QED) is 0.924. The monoisotopic (exact) mass is 291 g/mol. The van der Waals surface area contributed by atoms with Crippen LogP contribution in [-0.4, -0.2) is 34.7 Å². The van der Waals surface area contributed by atoms with Crippen LogP contribution in [0.25, 0.3) is 10.2 Å². The molecule has 3 rings (SSSR count). The summed E-state index contributed by atoms with van der Waals surface area (Å²) < 4.78 is 7.12. The second-order valence-electron chi connectivity index (χ2n) is 6.21. The molecule has 1 fully saturated rings. The van der Waals surface area contributed by atoms with Crippen molar-refractivity contribution in [1.82, 2.24) is 9.88 Å². The minimum absolute atomic E-state index is 0.0727. The van der Waals surface area contributed by atoms with Gasteiger partial charge >= 0.3 is 0 Å². The lowest BCUT2D eigenvalue weighted by molar-refractivity contribution is -0.130. The zero-order valence-electron chi connectivity index (χ0n) is 12.2. The predicted molar refractivity (Wildman–Crippen MR) is 83.9 cm³/mol. The fraction of sp³-hybridized carbons (Fsp3) is 0.533. The molecule has 0 spiro atoms. The third-order valence-electron chi connectivity index (χ3n) is 3.52. The summed E-state index contributed by atoms with van der Waals surface area (Å²) in [4.78, 5) is 6.76. The van der Waals surface area contributed by atoms with Crippen LogP contribution in [0, 0.1) is 0 Å². The van der Waals surface area contributed by atoms with Crippen LogP contribution in [0.5, 0.6) is 0 Å². The second kappa shape index (κ2) is 4.98. The Morgan fingerprint density at radius 3 is 3.05 bits per heavy atom. The average molecular weight is 291 g/mol. The maximum Gasteiger partial charge on any atom is 0.181 e. The van der Waals surface area contributed by atoms with E-state index in [-0.39, 0.29) is 11.7 Å². The van der Waals surface area contributed by atoms with Crippen molar-refractivity contribution < 1.29 is 4.74 Å². The smallest absolute Gasteiger partial charge is 0.181 e. The van der Waals surface area contributed by atoms with Gasteiger partial charge in [0.25, 0.3) is 0 Å². The number of nitrogens with two attached hydrogens (primary N) is 1. The van der Waals surface area contributed by atoms with Gasteiger partial charge in [0.15, 0.2) is 5.13 Å². The van der Waals surface area contributed by atoms with Gasteiger partial charge in [0.2, 0.25) is 0 Å². The van der Waals surface area contributed by atoms with Gasteiger partial charge in [-0.3, -0.25) is 4.90 Å². The number of rotatable bonds is 2. The highest BCUT2D eigenvalue weighted by molar-refractivity contribution is 7.22. The van der Waals surface area contributed by atoms with E-state index < -0.39 is 0 Å². The first-order chi connectivity index (χ1) is 9.41. The van der Waals surface area contributed by atoms with Crippen LogP contribution < -0.4 is 5.73 Å². The molecule has 0 bridgehead atoms. The summed E-state index contributed by atoms with van der Waals surface area (Å²) in [6.45, 7) is 9.34. The van der Waals surface area contributed by atoms with Crippen molar-refractivity contribution in [2.45, 2.75) is 39.0 Å². The van der Waals surface area contributed by atoms with E-state index in [4.69, 9.17) is 10.5 Å². The van der Waals surface area contributed by atoms with Gasteiger partial charge in [-0.05, 0) is 38.5 Å². The second-order valence-corrected chi connectivity index (χ2v) is 7.27. The first kappa shape index (κ1) is 13.8. The van der Waals surface area contributed by atoms with Gasteiger partial charge in [-0.1, -0.05) is 17.4 Å². The lowest BCUT2D eigenvalue weighted by atomic mass is 10.0. The first-order valence-corrected chi connectivity index (χ1v) is 7.78. The van der Waals surface area contributed by atoms with E-state index in [1.165, 1.54) is 10.3 Å². The van der Waals surface area contributed by atoms with Crippen LogP contribution in [0.1, 0.15) is 26.3 Å². The molecular formula is C15H21N3OS. The van der Waals surface area contributed by atoms with Crippen LogP contribution in [0.3, 0.4) is 0 Å². The molecule has 2 aromatic rings. The summed E-state index contributed by atoms with van der Waals surface area (Å²) in [6, 6.07) is 6.41. The Hall–Kier alpha value is -1.17. The van der Waals surface area contributed by atoms with Gasteiger partial charge < -0.3 is 10.5 Å². The molecule has 0 saturated carbocycles.